The van der Waals surface area contributed by atoms with Crippen LogP contribution in [0.3, 0.4) is 0 Å². The molecule has 1 aromatic rings. The Morgan fingerprint density at radius 3 is 1.25 bits per heavy atom. The second-order valence-electron chi connectivity index (χ2n) is 27.5. The smallest absolute Gasteiger partial charge is 0.187 e. The van der Waals surface area contributed by atoms with Crippen molar-refractivity contribution in [3.05, 3.63) is 48.6 Å². The van der Waals surface area contributed by atoms with E-state index in [1.807, 2.05) is 43.3 Å². The molecule has 0 aromatic heterocycles. The van der Waals surface area contributed by atoms with E-state index in [1.54, 1.807) is 0 Å². The van der Waals surface area contributed by atoms with Crippen molar-refractivity contribution in [1.29, 1.82) is 0 Å². The van der Waals surface area contributed by atoms with Crippen molar-refractivity contribution in [3.63, 3.8) is 0 Å². The molecule has 21 atom stereocenters. The number of fused-ring (bicyclic) bond motifs is 1. The molecule has 5 aliphatic rings. The van der Waals surface area contributed by atoms with Gasteiger partial charge in [0.25, 0.3) is 0 Å². The summed E-state index contributed by atoms with van der Waals surface area (Å²) < 4.78 is 144. The Kier molecular flexibility index (Phi) is 45.4. The van der Waals surface area contributed by atoms with Crippen molar-refractivity contribution in [2.24, 2.45) is 0 Å². The minimum Gasteiger partial charge on any atom is -0.379 e. The molecular formula is C79H140O20. The van der Waals surface area contributed by atoms with Gasteiger partial charge in [-0.15, -0.1) is 6.58 Å². The van der Waals surface area contributed by atoms with E-state index in [2.05, 4.69) is 75.8 Å². The lowest BCUT2D eigenvalue weighted by Gasteiger charge is -2.54. The highest BCUT2D eigenvalue weighted by Gasteiger charge is 2.60. The summed E-state index contributed by atoms with van der Waals surface area (Å²) in [4.78, 5) is 0. The first-order valence-corrected chi connectivity index (χ1v) is 39.9. The fourth-order valence-corrected chi connectivity index (χ4v) is 13.0. The van der Waals surface area contributed by atoms with Crippen molar-refractivity contribution >= 4 is 0 Å². The van der Waals surface area contributed by atoms with E-state index in [0.717, 1.165) is 166 Å². The third-order valence-corrected chi connectivity index (χ3v) is 19.0. The van der Waals surface area contributed by atoms with Gasteiger partial charge in [0.15, 0.2) is 31.5 Å². The zero-order valence-corrected chi connectivity index (χ0v) is 63.5. The number of benzene rings is 1. The molecule has 0 N–H and O–H groups in total. The topological polar surface area (TPSA) is 185 Å². The number of hydrogen-bond donors (Lipinski definition) is 0. The number of unbranched alkanes of at least 4 members (excludes halogenated alkanes) is 14. The summed E-state index contributed by atoms with van der Waals surface area (Å²) in [6.45, 7) is 33.3. The van der Waals surface area contributed by atoms with Gasteiger partial charge in [-0.25, -0.2) is 0 Å². The molecule has 0 aliphatic carbocycles. The van der Waals surface area contributed by atoms with Crippen LogP contribution >= 0.6 is 0 Å². The maximum absolute atomic E-state index is 7.95. The highest BCUT2D eigenvalue weighted by molar-refractivity contribution is 5.17. The fourth-order valence-electron chi connectivity index (χ4n) is 13.0. The summed E-state index contributed by atoms with van der Waals surface area (Å²) in [5.74, 6) is 0. The predicted molar refractivity (Wildman–Crippen MR) is 383 cm³/mol. The van der Waals surface area contributed by atoms with Gasteiger partial charge >= 0.3 is 0 Å². The Morgan fingerprint density at radius 2 is 0.737 bits per heavy atom. The van der Waals surface area contributed by atoms with Crippen molar-refractivity contribution in [1.82, 2.24) is 0 Å². The standard InChI is InChI=1S/C79H140O20/c1-13-24-35-36-37-41-54-90-76-71(87-51-32-21-9)69(86-50-31-20-8)65(61(93-76)56-81-45-26-15-3)97-79-74(99-77-72(88-52-33-22-10)67(84-48-29-18-6)63(58(12)92-77)82-46-27-16-4)70(66-62(95-79)57-91-75(96-66)59-42-39-38-40-43-59)98-78-73(89-53-34-23-11)68(85-49-30-19-7)64(83-47-28-17-5)60(94-78)55-80-44-25-14-2/h13,38-40,42-43,58,60-79H,1,14-37,41,44-57H2,2-12H3/t58?,60?,61?,62?,63-,64+,65-,66+,67?,68?,69?,70?,71?,72?,73?,74?,75?,76-,77+,78-,79+/m1/s1. The molecule has 5 saturated heterocycles. The highest BCUT2D eigenvalue weighted by atomic mass is 16.8. The number of hydrogen-bond acceptors (Lipinski definition) is 20. The maximum atomic E-state index is 7.95. The molecule has 0 bridgehead atoms. The van der Waals surface area contributed by atoms with Crippen molar-refractivity contribution in [2.75, 3.05) is 92.5 Å². The lowest BCUT2D eigenvalue weighted by molar-refractivity contribution is -0.429. The van der Waals surface area contributed by atoms with Crippen LogP contribution in [-0.2, 0) is 94.7 Å². The molecule has 0 radical (unpaired) electrons. The van der Waals surface area contributed by atoms with Crippen LogP contribution < -0.4 is 0 Å². The molecule has 0 amide bonds. The van der Waals surface area contributed by atoms with E-state index < -0.39 is 129 Å². The first-order valence-electron chi connectivity index (χ1n) is 39.9. The summed E-state index contributed by atoms with van der Waals surface area (Å²) in [7, 11) is 0. The van der Waals surface area contributed by atoms with Crippen LogP contribution in [0.1, 0.15) is 249 Å². The van der Waals surface area contributed by atoms with Crippen molar-refractivity contribution < 1.29 is 94.7 Å². The van der Waals surface area contributed by atoms with Gasteiger partial charge in [0.2, 0.25) is 0 Å². The molecule has 20 nitrogen and oxygen atoms in total. The van der Waals surface area contributed by atoms with Crippen LogP contribution in [-0.4, -0.2) is 215 Å². The molecular weight excluding hydrogens is 1270 g/mol. The Morgan fingerprint density at radius 1 is 0.354 bits per heavy atom. The number of allylic oxidation sites excluding steroid dienone is 1. The first-order chi connectivity index (χ1) is 48.7. The molecule has 13 unspecified atom stereocenters. The SMILES string of the molecule is C=CCCCCCCO[C@@H]1OC(COCCCC)[C@@H](O[C@@H]2OC3COC(c4ccccc4)O[C@@H]3C(O[C@H]3OC(COCCCC)[C@H](OCCCC)C(OCCCC)C3OCCCC)C2O[C@@H]2OC(C)[C@@H](OCCCC)C(OCCCC)C2OCCCC)C(OCCCC)C1OCCCC. The van der Waals surface area contributed by atoms with Crippen LogP contribution in [0.25, 0.3) is 0 Å². The van der Waals surface area contributed by atoms with E-state index in [9.17, 15) is 0 Å². The first kappa shape index (κ1) is 86.1. The zero-order valence-electron chi connectivity index (χ0n) is 63.5. The van der Waals surface area contributed by atoms with Crippen molar-refractivity contribution in [2.45, 2.75) is 366 Å². The van der Waals surface area contributed by atoms with Crippen LogP contribution in [0.5, 0.6) is 0 Å². The fraction of sp³-hybridized carbons (Fsp3) is 0.899. The summed E-state index contributed by atoms with van der Waals surface area (Å²) in [5.41, 5.74) is 0.826. The van der Waals surface area contributed by atoms with E-state index in [1.165, 1.54) is 0 Å². The maximum Gasteiger partial charge on any atom is 0.187 e. The van der Waals surface area contributed by atoms with E-state index in [0.29, 0.717) is 72.7 Å². The van der Waals surface area contributed by atoms with Gasteiger partial charge in [-0.3, -0.25) is 0 Å². The highest BCUT2D eigenvalue weighted by Crippen LogP contribution is 2.43. The molecule has 5 heterocycles. The largest absolute Gasteiger partial charge is 0.379 e. The minimum absolute atomic E-state index is 0.0971. The lowest BCUT2D eigenvalue weighted by atomic mass is 9.94. The average Bonchev–Trinajstić information content (AvgIpc) is 0.751. The van der Waals surface area contributed by atoms with E-state index in [-0.39, 0.29) is 19.8 Å². The van der Waals surface area contributed by atoms with Crippen LogP contribution in [0.2, 0.25) is 0 Å². The number of ether oxygens (including phenoxy) is 20. The molecule has 20 heteroatoms. The summed E-state index contributed by atoms with van der Waals surface area (Å²) >= 11 is 0. The van der Waals surface area contributed by atoms with Gasteiger partial charge in [-0.1, -0.05) is 183 Å². The van der Waals surface area contributed by atoms with E-state index >= 15 is 0 Å². The number of rotatable bonds is 57. The predicted octanol–water partition coefficient (Wildman–Crippen LogP) is 15.4. The molecule has 1 aromatic carbocycles. The molecule has 6 rings (SSSR count). The van der Waals surface area contributed by atoms with Crippen molar-refractivity contribution in [3.8, 4) is 0 Å². The quantitative estimate of drug-likeness (QED) is 0.0442. The normalized spacial score (nSPS) is 31.9. The minimum atomic E-state index is -1.28. The Hall–Kier alpha value is -1.84. The summed E-state index contributed by atoms with van der Waals surface area (Å²) in [6, 6.07) is 9.96. The summed E-state index contributed by atoms with van der Waals surface area (Å²) in [6.07, 6.45) is 7.52. The molecule has 576 valence electrons. The van der Waals surface area contributed by atoms with Gasteiger partial charge in [0, 0.05) is 78.2 Å². The third-order valence-electron chi connectivity index (χ3n) is 19.0. The monoisotopic (exact) mass is 1410 g/mol. The Balaban J connectivity index is 1.60. The second-order valence-corrected chi connectivity index (χ2v) is 27.5. The molecule has 0 spiro atoms. The van der Waals surface area contributed by atoms with E-state index in [4.69, 9.17) is 94.7 Å². The molecule has 99 heavy (non-hydrogen) atoms. The van der Waals surface area contributed by atoms with Gasteiger partial charge in [-0.2, -0.15) is 0 Å². The molecule has 5 fully saturated rings. The third kappa shape index (κ3) is 28.8. The zero-order chi connectivity index (χ0) is 70.7. The molecule has 0 saturated carbocycles. The average molecular weight is 1410 g/mol. The van der Waals surface area contributed by atoms with Gasteiger partial charge in [0.05, 0.1) is 25.9 Å². The Bertz CT molecular complexity index is 2100. The van der Waals surface area contributed by atoms with Gasteiger partial charge in [-0.05, 0) is 90.4 Å². The van der Waals surface area contributed by atoms with Crippen LogP contribution in [0.4, 0.5) is 0 Å². The van der Waals surface area contributed by atoms with Gasteiger partial charge < -0.3 is 94.7 Å². The van der Waals surface area contributed by atoms with Gasteiger partial charge in [0.1, 0.15) is 91.6 Å². The molecule has 5 aliphatic heterocycles. The van der Waals surface area contributed by atoms with Crippen LogP contribution in [0, 0.1) is 0 Å². The second kappa shape index (κ2) is 52.2. The lowest BCUT2D eigenvalue weighted by Crippen LogP contribution is -2.70. The Labute approximate surface area is 599 Å². The van der Waals surface area contributed by atoms with Crippen LogP contribution in [0.15, 0.2) is 43.0 Å². The summed E-state index contributed by atoms with van der Waals surface area (Å²) in [5, 5.41) is 0.